The van der Waals surface area contributed by atoms with Crippen LogP contribution in [0.15, 0.2) is 33.5 Å². The van der Waals surface area contributed by atoms with Crippen LogP contribution in [0.25, 0.3) is 11.0 Å². The maximum Gasteiger partial charge on any atom is 0.336 e. The van der Waals surface area contributed by atoms with Crippen molar-refractivity contribution < 1.29 is 58.5 Å². The second-order valence-corrected chi connectivity index (χ2v) is 10.0. The quantitative estimate of drug-likeness (QED) is 0.159. The lowest BCUT2D eigenvalue weighted by Gasteiger charge is -2.48. The first-order valence-corrected chi connectivity index (χ1v) is 12.9. The molecule has 0 spiro atoms. The number of fused-ring (bicyclic) bond motifs is 1. The third-order valence-electron chi connectivity index (χ3n) is 6.94. The van der Waals surface area contributed by atoms with Crippen molar-refractivity contribution in [2.75, 3.05) is 13.2 Å². The molecule has 2 aliphatic heterocycles. The molecule has 2 saturated heterocycles. The topological polar surface area (TPSA) is 226 Å². The van der Waals surface area contributed by atoms with Crippen LogP contribution in [0, 0.1) is 6.92 Å². The van der Waals surface area contributed by atoms with Crippen LogP contribution in [-0.4, -0.2) is 112 Å². The Morgan fingerprint density at radius 3 is 2.10 bits per heavy atom. The molecule has 0 aliphatic carbocycles. The van der Waals surface area contributed by atoms with Gasteiger partial charge in [-0.1, -0.05) is 0 Å². The van der Waals surface area contributed by atoms with Gasteiger partial charge in [0.25, 0.3) is 0 Å². The van der Waals surface area contributed by atoms with Crippen LogP contribution < -0.4 is 21.0 Å². The van der Waals surface area contributed by atoms with E-state index in [1.807, 2.05) is 0 Å². The van der Waals surface area contributed by atoms with E-state index in [4.69, 9.17) is 23.4 Å². The van der Waals surface area contributed by atoms with Crippen LogP contribution in [0.1, 0.15) is 19.4 Å². The highest BCUT2D eigenvalue weighted by Crippen LogP contribution is 2.31. The van der Waals surface area contributed by atoms with Crippen molar-refractivity contribution in [2.24, 2.45) is 0 Å². The molecule has 226 valence electrons. The first-order valence-electron chi connectivity index (χ1n) is 12.9. The standard InChI is InChI=1S/C26H34N2O13/c1-10-6-18(33)38-15-7-13(4-5-14(10)15)37-25-20(28-12(3)32)23(36)24(17(9-30)40-25)41-26-19(27-11(2)31)22(35)21(34)16(8-29)39-26/h4-7,16-17,19-26,29-30,34-36H,8-9H2,1-3H3,(H,27,31)(H,28,32)/t16-,17+,19+,20-,21-,22-,23+,24-,25+,26+/m1/s1. The SMILES string of the molecule is CC(=O)N[C@@H]1[C@H](O[C@H]2[C@@H](O)[C@@H](NC(C)=O)[C@@H](Oc3ccc4c(C)cc(=O)oc4c3)O[C@H]2CO)O[C@H](CO)[C@@H](O)[C@@H]1O. The van der Waals surface area contributed by atoms with E-state index in [1.54, 1.807) is 19.1 Å². The number of rotatable bonds is 8. The summed E-state index contributed by atoms with van der Waals surface area (Å²) in [6, 6.07) is 3.41. The van der Waals surface area contributed by atoms with Gasteiger partial charge in [0.15, 0.2) is 6.29 Å². The number of hydrogen-bond donors (Lipinski definition) is 7. The van der Waals surface area contributed by atoms with Gasteiger partial charge in [0, 0.05) is 31.4 Å². The fourth-order valence-corrected chi connectivity index (χ4v) is 4.98. The van der Waals surface area contributed by atoms with Crippen molar-refractivity contribution in [3.8, 4) is 5.75 Å². The zero-order valence-corrected chi connectivity index (χ0v) is 22.5. The summed E-state index contributed by atoms with van der Waals surface area (Å²) in [6.07, 6.45) is -11.7. The molecular weight excluding hydrogens is 548 g/mol. The first-order chi connectivity index (χ1) is 19.4. The Balaban J connectivity index is 1.61. The van der Waals surface area contributed by atoms with E-state index < -0.39 is 91.9 Å². The highest BCUT2D eigenvalue weighted by Gasteiger charge is 2.52. The van der Waals surface area contributed by atoms with Gasteiger partial charge in [0.2, 0.25) is 18.1 Å². The van der Waals surface area contributed by atoms with Gasteiger partial charge in [-0.15, -0.1) is 0 Å². The maximum absolute atomic E-state index is 12.1. The minimum atomic E-state index is -1.62. The molecule has 10 atom stereocenters. The molecule has 2 fully saturated rings. The third kappa shape index (κ3) is 6.68. The van der Waals surface area contributed by atoms with Crippen molar-refractivity contribution in [3.05, 3.63) is 40.2 Å². The minimum absolute atomic E-state index is 0.166. The molecule has 0 unspecified atom stereocenters. The van der Waals surface area contributed by atoms with Crippen LogP contribution in [0.5, 0.6) is 5.75 Å². The molecule has 2 aliphatic rings. The van der Waals surface area contributed by atoms with Crippen molar-refractivity contribution >= 4 is 22.8 Å². The summed E-state index contributed by atoms with van der Waals surface area (Å²) in [4.78, 5) is 35.7. The molecule has 7 N–H and O–H groups in total. The summed E-state index contributed by atoms with van der Waals surface area (Å²) >= 11 is 0. The normalized spacial score (nSPS) is 33.8. The van der Waals surface area contributed by atoms with Crippen molar-refractivity contribution in [1.82, 2.24) is 10.6 Å². The Hall–Kier alpha value is -3.15. The van der Waals surface area contributed by atoms with E-state index >= 15 is 0 Å². The number of amides is 2. The number of ether oxygens (including phenoxy) is 4. The molecule has 1 aromatic carbocycles. The highest BCUT2D eigenvalue weighted by molar-refractivity contribution is 5.81. The molecule has 4 rings (SSSR count). The molecule has 3 heterocycles. The Morgan fingerprint density at radius 2 is 1.49 bits per heavy atom. The van der Waals surface area contributed by atoms with Gasteiger partial charge in [0.05, 0.1) is 13.2 Å². The molecule has 0 saturated carbocycles. The molecule has 15 nitrogen and oxygen atoms in total. The van der Waals surface area contributed by atoms with E-state index in [2.05, 4.69) is 10.6 Å². The number of aliphatic hydroxyl groups excluding tert-OH is 5. The number of carbonyl (C=O) groups is 2. The van der Waals surface area contributed by atoms with Crippen molar-refractivity contribution in [2.45, 2.75) is 82.1 Å². The fourth-order valence-electron chi connectivity index (χ4n) is 4.98. The van der Waals surface area contributed by atoms with Gasteiger partial charge >= 0.3 is 5.63 Å². The summed E-state index contributed by atoms with van der Waals surface area (Å²) < 4.78 is 28.5. The van der Waals surface area contributed by atoms with Gasteiger partial charge < -0.3 is 59.5 Å². The Bertz CT molecular complexity index is 1300. The number of nitrogens with one attached hydrogen (secondary N) is 2. The molecule has 2 amide bonds. The van der Waals surface area contributed by atoms with Gasteiger partial charge in [0.1, 0.15) is 60.0 Å². The predicted octanol–water partition coefficient (Wildman–Crippen LogP) is -2.61. The molecule has 15 heteroatoms. The number of aliphatic hydroxyl groups is 5. The van der Waals surface area contributed by atoms with Gasteiger partial charge in [-0.3, -0.25) is 9.59 Å². The summed E-state index contributed by atoms with van der Waals surface area (Å²) in [6.45, 7) is 2.71. The van der Waals surface area contributed by atoms with Crippen molar-refractivity contribution in [3.63, 3.8) is 0 Å². The average Bonchev–Trinajstić information content (AvgIpc) is 2.90. The lowest BCUT2D eigenvalue weighted by molar-refractivity contribution is -0.325. The second kappa shape index (κ2) is 12.8. The maximum atomic E-state index is 12.1. The van der Waals surface area contributed by atoms with E-state index in [1.165, 1.54) is 19.1 Å². The Labute approximate surface area is 233 Å². The van der Waals surface area contributed by atoms with Crippen LogP contribution in [0.4, 0.5) is 0 Å². The zero-order valence-electron chi connectivity index (χ0n) is 22.5. The van der Waals surface area contributed by atoms with E-state index in [0.717, 1.165) is 6.92 Å². The zero-order chi connectivity index (χ0) is 30.0. The lowest BCUT2D eigenvalue weighted by atomic mass is 9.94. The third-order valence-corrected chi connectivity index (χ3v) is 6.94. The summed E-state index contributed by atoms with van der Waals surface area (Å²) in [5.41, 5.74) is 0.362. The summed E-state index contributed by atoms with van der Waals surface area (Å²) in [5.74, 6) is -0.985. The predicted molar refractivity (Wildman–Crippen MR) is 137 cm³/mol. The summed E-state index contributed by atoms with van der Waals surface area (Å²) in [7, 11) is 0. The van der Waals surface area contributed by atoms with Crippen LogP contribution in [-0.2, 0) is 23.8 Å². The highest BCUT2D eigenvalue weighted by atomic mass is 16.7. The van der Waals surface area contributed by atoms with Gasteiger partial charge in [-0.25, -0.2) is 4.79 Å². The lowest BCUT2D eigenvalue weighted by Crippen LogP contribution is -2.69. The monoisotopic (exact) mass is 582 g/mol. The molecule has 41 heavy (non-hydrogen) atoms. The Morgan fingerprint density at radius 1 is 0.878 bits per heavy atom. The molecule has 2 aromatic rings. The number of aryl methyl sites for hydroxylation is 1. The van der Waals surface area contributed by atoms with E-state index in [-0.39, 0.29) is 11.3 Å². The van der Waals surface area contributed by atoms with Crippen molar-refractivity contribution in [1.29, 1.82) is 0 Å². The number of hydrogen-bond acceptors (Lipinski definition) is 13. The van der Waals surface area contributed by atoms with Gasteiger partial charge in [-0.2, -0.15) is 0 Å². The molecular formula is C26H34N2O13. The Kier molecular flexibility index (Phi) is 9.61. The van der Waals surface area contributed by atoms with Crippen LogP contribution in [0.2, 0.25) is 0 Å². The largest absolute Gasteiger partial charge is 0.462 e. The van der Waals surface area contributed by atoms with E-state index in [9.17, 15) is 39.9 Å². The minimum Gasteiger partial charge on any atom is -0.462 e. The van der Waals surface area contributed by atoms with Crippen LogP contribution in [0.3, 0.4) is 0 Å². The fraction of sp³-hybridized carbons (Fsp3) is 0.577. The summed E-state index contributed by atoms with van der Waals surface area (Å²) in [5, 5.41) is 57.5. The van der Waals surface area contributed by atoms with Gasteiger partial charge in [-0.05, 0) is 24.6 Å². The van der Waals surface area contributed by atoms with E-state index in [0.29, 0.717) is 10.9 Å². The molecule has 1 aromatic heterocycles. The molecule has 0 radical (unpaired) electrons. The van der Waals surface area contributed by atoms with Crippen LogP contribution >= 0.6 is 0 Å². The number of benzene rings is 1. The smallest absolute Gasteiger partial charge is 0.336 e. The number of carbonyl (C=O) groups excluding carboxylic acids is 2. The first kappa shape index (κ1) is 30.8. The average molecular weight is 583 g/mol. The second-order valence-electron chi connectivity index (χ2n) is 10.0. The molecule has 0 bridgehead atoms.